The molecule has 0 atom stereocenters. The smallest absolute Gasteiger partial charge is 0.120 e. The molecule has 170 valence electrons. The van der Waals surface area contributed by atoms with Gasteiger partial charge in [-0.15, -0.1) is 0 Å². The maximum atomic E-state index is 5.82. The molecular weight excluding hydrogens is 400 g/mol. The molecule has 0 aromatic heterocycles. The van der Waals surface area contributed by atoms with Crippen molar-refractivity contribution in [2.45, 2.75) is 0 Å². The highest BCUT2D eigenvalue weighted by molar-refractivity contribution is 5.66. The van der Waals surface area contributed by atoms with Gasteiger partial charge in [-0.1, -0.05) is 24.3 Å². The second-order valence-electron chi connectivity index (χ2n) is 6.81. The second kappa shape index (κ2) is 14.8. The zero-order chi connectivity index (χ0) is 21.4. The summed E-state index contributed by atoms with van der Waals surface area (Å²) in [6, 6.07) is 16.0. The third kappa shape index (κ3) is 9.67. The minimum absolute atomic E-state index is 0.482. The van der Waals surface area contributed by atoms with E-state index in [2.05, 4.69) is 12.1 Å². The lowest BCUT2D eigenvalue weighted by Crippen LogP contribution is -2.15. The van der Waals surface area contributed by atoms with E-state index in [1.807, 2.05) is 36.4 Å². The van der Waals surface area contributed by atoms with Crippen molar-refractivity contribution in [2.24, 2.45) is 0 Å². The SMILES string of the molecule is c1cc2cc(c1)-c1cccc(c1)OCCOCCOCCOCCOCCOCCO2. The highest BCUT2D eigenvalue weighted by Gasteiger charge is 2.03. The van der Waals surface area contributed by atoms with Crippen LogP contribution in [0.4, 0.5) is 0 Å². The molecule has 2 aromatic carbocycles. The Hall–Kier alpha value is -2.16. The standard InChI is InChI=1S/C24H32O7/c1-3-21-19-23(5-1)30-17-15-28-13-11-26-9-7-25-8-10-27-12-14-29-16-18-31-24-6-2-4-22(21)20-24/h1-6,19-20H,7-18H2. The van der Waals surface area contributed by atoms with Gasteiger partial charge in [0.25, 0.3) is 0 Å². The third-order valence-corrected chi connectivity index (χ3v) is 4.48. The number of hydrogen-bond acceptors (Lipinski definition) is 7. The summed E-state index contributed by atoms with van der Waals surface area (Å²) in [5.41, 5.74) is 2.14. The van der Waals surface area contributed by atoms with Crippen molar-refractivity contribution < 1.29 is 33.2 Å². The van der Waals surface area contributed by atoms with Gasteiger partial charge >= 0.3 is 0 Å². The maximum absolute atomic E-state index is 5.82. The van der Waals surface area contributed by atoms with Gasteiger partial charge < -0.3 is 33.2 Å². The van der Waals surface area contributed by atoms with Crippen molar-refractivity contribution in [1.29, 1.82) is 0 Å². The molecule has 0 fully saturated rings. The highest BCUT2D eigenvalue weighted by atomic mass is 16.6. The first kappa shape index (κ1) is 23.5. The molecule has 0 unspecified atom stereocenters. The number of hydrogen-bond donors (Lipinski definition) is 0. The van der Waals surface area contributed by atoms with Crippen LogP contribution in [0.1, 0.15) is 0 Å². The van der Waals surface area contributed by atoms with Crippen LogP contribution in [0, 0.1) is 0 Å². The molecule has 0 N–H and O–H groups in total. The molecule has 0 spiro atoms. The van der Waals surface area contributed by atoms with E-state index in [9.17, 15) is 0 Å². The first-order valence-corrected chi connectivity index (χ1v) is 10.8. The van der Waals surface area contributed by atoms with E-state index in [-0.39, 0.29) is 0 Å². The van der Waals surface area contributed by atoms with Gasteiger partial charge in [0.1, 0.15) is 24.7 Å². The van der Waals surface area contributed by atoms with Crippen molar-refractivity contribution in [2.75, 3.05) is 79.3 Å². The fourth-order valence-corrected chi connectivity index (χ4v) is 2.95. The van der Waals surface area contributed by atoms with E-state index in [1.165, 1.54) is 0 Å². The Morgan fingerprint density at radius 3 is 1.06 bits per heavy atom. The molecule has 1 aliphatic heterocycles. The van der Waals surface area contributed by atoms with E-state index in [1.54, 1.807) is 0 Å². The molecule has 1 aliphatic rings. The Labute approximate surface area is 184 Å². The van der Waals surface area contributed by atoms with Gasteiger partial charge in [-0.3, -0.25) is 0 Å². The lowest BCUT2D eigenvalue weighted by molar-refractivity contribution is -0.0141. The molecule has 31 heavy (non-hydrogen) atoms. The average Bonchev–Trinajstić information content (AvgIpc) is 2.80. The fourth-order valence-electron chi connectivity index (χ4n) is 2.95. The molecule has 0 saturated carbocycles. The predicted molar refractivity (Wildman–Crippen MR) is 117 cm³/mol. The Morgan fingerprint density at radius 2 is 0.710 bits per heavy atom. The summed E-state index contributed by atoms with van der Waals surface area (Å²) in [6.45, 7) is 6.25. The number of benzene rings is 2. The normalized spacial score (nSPS) is 18.6. The number of ether oxygens (including phenoxy) is 7. The molecule has 7 heteroatoms. The summed E-state index contributed by atoms with van der Waals surface area (Å²) < 4.78 is 39.2. The van der Waals surface area contributed by atoms with E-state index in [0.717, 1.165) is 22.6 Å². The van der Waals surface area contributed by atoms with Gasteiger partial charge in [0.2, 0.25) is 0 Å². The molecule has 1 heterocycles. The first-order valence-electron chi connectivity index (χ1n) is 10.8. The third-order valence-electron chi connectivity index (χ3n) is 4.48. The van der Waals surface area contributed by atoms with E-state index in [4.69, 9.17) is 33.2 Å². The van der Waals surface area contributed by atoms with Crippen LogP contribution in [0.25, 0.3) is 11.1 Å². The number of rotatable bonds is 0. The summed E-state index contributed by atoms with van der Waals surface area (Å²) in [4.78, 5) is 0. The van der Waals surface area contributed by atoms with E-state index >= 15 is 0 Å². The van der Waals surface area contributed by atoms with Crippen LogP contribution in [0.5, 0.6) is 11.5 Å². The van der Waals surface area contributed by atoms with E-state index < -0.39 is 0 Å². The van der Waals surface area contributed by atoms with Gasteiger partial charge in [0, 0.05) is 0 Å². The minimum atomic E-state index is 0.482. The first-order chi connectivity index (χ1) is 15.4. The molecule has 7 nitrogen and oxygen atoms in total. The van der Waals surface area contributed by atoms with Gasteiger partial charge in [-0.2, -0.15) is 0 Å². The zero-order valence-corrected chi connectivity index (χ0v) is 18.0. The summed E-state index contributed by atoms with van der Waals surface area (Å²) in [5.74, 6) is 1.61. The van der Waals surface area contributed by atoms with Gasteiger partial charge in [0.15, 0.2) is 0 Å². The van der Waals surface area contributed by atoms with Crippen LogP contribution >= 0.6 is 0 Å². The lowest BCUT2D eigenvalue weighted by Gasteiger charge is -2.11. The van der Waals surface area contributed by atoms with Gasteiger partial charge in [0.05, 0.1) is 66.1 Å². The van der Waals surface area contributed by atoms with E-state index in [0.29, 0.717) is 79.3 Å². The largest absolute Gasteiger partial charge is 0.491 e. The molecule has 0 aliphatic carbocycles. The van der Waals surface area contributed by atoms with Crippen LogP contribution in [-0.2, 0) is 23.7 Å². The van der Waals surface area contributed by atoms with Crippen molar-refractivity contribution in [3.05, 3.63) is 48.5 Å². The molecular formula is C24H32O7. The summed E-state index contributed by atoms with van der Waals surface area (Å²) in [7, 11) is 0. The summed E-state index contributed by atoms with van der Waals surface area (Å²) >= 11 is 0. The van der Waals surface area contributed by atoms with Gasteiger partial charge in [-0.05, 0) is 35.4 Å². The van der Waals surface area contributed by atoms with Crippen LogP contribution in [0.3, 0.4) is 0 Å². The highest BCUT2D eigenvalue weighted by Crippen LogP contribution is 2.27. The predicted octanol–water partition coefficient (Wildman–Crippen LogP) is 3.21. The van der Waals surface area contributed by atoms with Crippen molar-refractivity contribution in [3.63, 3.8) is 0 Å². The molecule has 3 rings (SSSR count). The van der Waals surface area contributed by atoms with Crippen LogP contribution in [-0.4, -0.2) is 79.3 Å². The summed E-state index contributed by atoms with van der Waals surface area (Å²) in [6.07, 6.45) is 0. The molecule has 2 aromatic rings. The van der Waals surface area contributed by atoms with Crippen molar-refractivity contribution >= 4 is 0 Å². The Bertz CT molecular complexity index is 676. The second-order valence-corrected chi connectivity index (χ2v) is 6.81. The monoisotopic (exact) mass is 432 g/mol. The molecule has 0 saturated heterocycles. The van der Waals surface area contributed by atoms with Gasteiger partial charge in [-0.25, -0.2) is 0 Å². The lowest BCUT2D eigenvalue weighted by atomic mass is 10.1. The quantitative estimate of drug-likeness (QED) is 0.633. The van der Waals surface area contributed by atoms with Crippen molar-refractivity contribution in [1.82, 2.24) is 0 Å². The zero-order valence-electron chi connectivity index (χ0n) is 18.0. The van der Waals surface area contributed by atoms with Crippen LogP contribution < -0.4 is 9.47 Å². The Morgan fingerprint density at radius 1 is 0.387 bits per heavy atom. The average molecular weight is 433 g/mol. The molecule has 0 amide bonds. The van der Waals surface area contributed by atoms with Crippen LogP contribution in [0.15, 0.2) is 48.5 Å². The minimum Gasteiger partial charge on any atom is -0.491 e. The Kier molecular flexibility index (Phi) is 11.2. The van der Waals surface area contributed by atoms with Crippen molar-refractivity contribution in [3.8, 4) is 22.6 Å². The summed E-state index contributed by atoms with van der Waals surface area (Å²) in [5, 5.41) is 0. The maximum Gasteiger partial charge on any atom is 0.120 e. The molecule has 4 bridgehead atoms. The Balaban J connectivity index is 1.52. The molecule has 0 radical (unpaired) electrons. The number of fused-ring (bicyclic) bond motifs is 5. The topological polar surface area (TPSA) is 64.6 Å². The van der Waals surface area contributed by atoms with Crippen LogP contribution in [0.2, 0.25) is 0 Å². The fraction of sp³-hybridized carbons (Fsp3) is 0.500.